The Balaban J connectivity index is 1.68. The number of rotatable bonds is 3. The molecule has 1 aliphatic carbocycles. The minimum absolute atomic E-state index is 0.546. The van der Waals surface area contributed by atoms with E-state index >= 15 is 0 Å². The number of benzene rings is 1. The smallest absolute Gasteiger partial charge is 0.0236 e. The number of alkyl halides is 1. The second-order valence-corrected chi connectivity index (χ2v) is 6.98. The van der Waals surface area contributed by atoms with Crippen molar-refractivity contribution in [3.8, 4) is 0 Å². The van der Waals surface area contributed by atoms with Crippen molar-refractivity contribution in [3.63, 3.8) is 0 Å². The van der Waals surface area contributed by atoms with Crippen molar-refractivity contribution < 1.29 is 0 Å². The van der Waals surface area contributed by atoms with Crippen LogP contribution in [0.5, 0.6) is 0 Å². The maximum Gasteiger partial charge on any atom is 0.0236 e. The zero-order valence-corrected chi connectivity index (χ0v) is 13.3. The highest BCUT2D eigenvalue weighted by molar-refractivity contribution is 9.09. The lowest BCUT2D eigenvalue weighted by Gasteiger charge is -2.41. The monoisotopic (exact) mass is 321 g/mol. The Hall–Kier alpha value is -0.340. The van der Waals surface area contributed by atoms with Crippen LogP contribution in [0.3, 0.4) is 0 Å². The summed E-state index contributed by atoms with van der Waals surface area (Å²) in [6.45, 7) is 3.68. The first kappa shape index (κ1) is 13.6. The van der Waals surface area contributed by atoms with E-state index in [1.807, 2.05) is 0 Å². The minimum Gasteiger partial charge on any atom is -0.298 e. The molecule has 104 valence electrons. The molecule has 0 bridgehead atoms. The summed E-state index contributed by atoms with van der Waals surface area (Å²) in [5.74, 6) is 0. The molecule has 0 atom stereocenters. The topological polar surface area (TPSA) is 3.24 Å². The molecule has 1 fully saturated rings. The van der Waals surface area contributed by atoms with E-state index in [0.717, 1.165) is 6.54 Å². The average Bonchev–Trinajstić information content (AvgIpc) is 2.48. The van der Waals surface area contributed by atoms with Crippen molar-refractivity contribution in [2.24, 2.45) is 5.41 Å². The molecule has 1 aromatic rings. The van der Waals surface area contributed by atoms with Gasteiger partial charge in [-0.1, -0.05) is 59.5 Å². The van der Waals surface area contributed by atoms with E-state index in [1.54, 1.807) is 11.1 Å². The lowest BCUT2D eigenvalue weighted by molar-refractivity contribution is 0.117. The van der Waals surface area contributed by atoms with E-state index < -0.39 is 0 Å². The fraction of sp³-hybridized carbons (Fsp3) is 0.647. The highest BCUT2D eigenvalue weighted by Crippen LogP contribution is 2.39. The van der Waals surface area contributed by atoms with Crippen molar-refractivity contribution in [2.75, 3.05) is 18.4 Å². The quantitative estimate of drug-likeness (QED) is 0.746. The summed E-state index contributed by atoms with van der Waals surface area (Å²) in [5, 5.41) is 1.18. The SMILES string of the molecule is BrCC1(CN2CCc3ccccc3C2)CCCCC1. The largest absolute Gasteiger partial charge is 0.298 e. The predicted octanol–water partition coefficient (Wildman–Crippen LogP) is 4.39. The minimum atomic E-state index is 0.546. The van der Waals surface area contributed by atoms with Crippen molar-refractivity contribution >= 4 is 15.9 Å². The molecule has 0 unspecified atom stereocenters. The van der Waals surface area contributed by atoms with Crippen LogP contribution in [0, 0.1) is 5.41 Å². The normalized spacial score (nSPS) is 23.0. The van der Waals surface area contributed by atoms with E-state index in [1.165, 1.54) is 56.9 Å². The van der Waals surface area contributed by atoms with E-state index in [2.05, 4.69) is 45.1 Å². The lowest BCUT2D eigenvalue weighted by atomic mass is 9.75. The van der Waals surface area contributed by atoms with Gasteiger partial charge in [0.05, 0.1) is 0 Å². The summed E-state index contributed by atoms with van der Waals surface area (Å²) in [6.07, 6.45) is 8.35. The van der Waals surface area contributed by atoms with Crippen molar-refractivity contribution in [3.05, 3.63) is 35.4 Å². The highest BCUT2D eigenvalue weighted by atomic mass is 79.9. The Morgan fingerprint density at radius 1 is 1.05 bits per heavy atom. The molecule has 1 heterocycles. The molecule has 0 saturated heterocycles. The Kier molecular flexibility index (Phi) is 4.28. The van der Waals surface area contributed by atoms with Crippen LogP contribution in [0.15, 0.2) is 24.3 Å². The molecular weight excluding hydrogens is 298 g/mol. The standard InChI is InChI=1S/C17H24BrN/c18-13-17(9-4-1-5-10-17)14-19-11-8-15-6-2-3-7-16(15)12-19/h2-3,6-7H,1,4-5,8-14H2. The Labute approximate surface area is 125 Å². The number of halogens is 1. The molecule has 1 aliphatic heterocycles. The molecule has 19 heavy (non-hydrogen) atoms. The molecule has 1 aromatic carbocycles. The highest BCUT2D eigenvalue weighted by Gasteiger charge is 2.33. The molecule has 3 rings (SSSR count). The van der Waals surface area contributed by atoms with Crippen molar-refractivity contribution in [1.82, 2.24) is 4.90 Å². The van der Waals surface area contributed by atoms with Crippen molar-refractivity contribution in [1.29, 1.82) is 0 Å². The molecule has 2 aliphatic rings. The fourth-order valence-electron chi connectivity index (χ4n) is 3.80. The van der Waals surface area contributed by atoms with Crippen LogP contribution in [-0.2, 0) is 13.0 Å². The third kappa shape index (κ3) is 3.05. The van der Waals surface area contributed by atoms with Gasteiger partial charge in [0.1, 0.15) is 0 Å². The maximum atomic E-state index is 3.80. The van der Waals surface area contributed by atoms with Crippen LogP contribution < -0.4 is 0 Å². The van der Waals surface area contributed by atoms with Gasteiger partial charge in [-0.25, -0.2) is 0 Å². The molecule has 1 nitrogen and oxygen atoms in total. The molecule has 0 N–H and O–H groups in total. The molecule has 0 spiro atoms. The summed E-state index contributed by atoms with van der Waals surface area (Å²) in [6, 6.07) is 8.97. The summed E-state index contributed by atoms with van der Waals surface area (Å²) in [4.78, 5) is 2.69. The maximum absolute atomic E-state index is 3.80. The Morgan fingerprint density at radius 2 is 1.79 bits per heavy atom. The van der Waals surface area contributed by atoms with Crippen LogP contribution >= 0.6 is 15.9 Å². The van der Waals surface area contributed by atoms with Crippen molar-refractivity contribution in [2.45, 2.75) is 45.1 Å². The molecule has 0 radical (unpaired) electrons. The Bertz CT molecular complexity index is 423. The first-order valence-electron chi connectivity index (χ1n) is 7.66. The number of hydrogen-bond donors (Lipinski definition) is 0. The predicted molar refractivity (Wildman–Crippen MR) is 84.7 cm³/mol. The zero-order chi connectivity index (χ0) is 13.1. The van der Waals surface area contributed by atoms with Gasteiger partial charge in [0.25, 0.3) is 0 Å². The van der Waals surface area contributed by atoms with Crippen LogP contribution in [0.1, 0.15) is 43.2 Å². The van der Waals surface area contributed by atoms with E-state index in [4.69, 9.17) is 0 Å². The number of nitrogens with zero attached hydrogens (tertiary/aromatic N) is 1. The first-order valence-corrected chi connectivity index (χ1v) is 8.79. The summed E-state index contributed by atoms with van der Waals surface area (Å²) in [7, 11) is 0. The summed E-state index contributed by atoms with van der Waals surface area (Å²) >= 11 is 3.80. The number of hydrogen-bond acceptors (Lipinski definition) is 1. The van der Waals surface area contributed by atoms with Gasteiger partial charge in [-0.15, -0.1) is 0 Å². The molecule has 0 amide bonds. The van der Waals surface area contributed by atoms with Gasteiger partial charge in [-0.05, 0) is 35.8 Å². The fourth-order valence-corrected chi connectivity index (χ4v) is 4.54. The van der Waals surface area contributed by atoms with E-state index in [9.17, 15) is 0 Å². The summed E-state index contributed by atoms with van der Waals surface area (Å²) in [5.41, 5.74) is 3.66. The zero-order valence-electron chi connectivity index (χ0n) is 11.7. The molecule has 0 aromatic heterocycles. The summed E-state index contributed by atoms with van der Waals surface area (Å²) < 4.78 is 0. The second kappa shape index (κ2) is 5.97. The first-order chi connectivity index (χ1) is 9.31. The van der Waals surface area contributed by atoms with Crippen LogP contribution in [0.25, 0.3) is 0 Å². The van der Waals surface area contributed by atoms with Gasteiger partial charge in [0.15, 0.2) is 0 Å². The van der Waals surface area contributed by atoms with E-state index in [-0.39, 0.29) is 0 Å². The second-order valence-electron chi connectivity index (χ2n) is 6.42. The lowest BCUT2D eigenvalue weighted by Crippen LogP contribution is -2.42. The van der Waals surface area contributed by atoms with Crippen LogP contribution in [-0.4, -0.2) is 23.3 Å². The molecular formula is C17H24BrN. The van der Waals surface area contributed by atoms with Crippen LogP contribution in [0.2, 0.25) is 0 Å². The van der Waals surface area contributed by atoms with Gasteiger partial charge in [-0.2, -0.15) is 0 Å². The van der Waals surface area contributed by atoms with Crippen LogP contribution in [0.4, 0.5) is 0 Å². The number of fused-ring (bicyclic) bond motifs is 1. The van der Waals surface area contributed by atoms with Gasteiger partial charge in [-0.3, -0.25) is 4.90 Å². The van der Waals surface area contributed by atoms with Gasteiger partial charge in [0, 0.05) is 25.0 Å². The molecule has 2 heteroatoms. The third-order valence-electron chi connectivity index (χ3n) is 4.97. The molecule has 1 saturated carbocycles. The van der Waals surface area contributed by atoms with Gasteiger partial charge < -0.3 is 0 Å². The Morgan fingerprint density at radius 3 is 2.53 bits per heavy atom. The van der Waals surface area contributed by atoms with E-state index in [0.29, 0.717) is 5.41 Å². The van der Waals surface area contributed by atoms with Gasteiger partial charge in [0.2, 0.25) is 0 Å². The average molecular weight is 322 g/mol. The van der Waals surface area contributed by atoms with Gasteiger partial charge >= 0.3 is 0 Å². The third-order valence-corrected chi connectivity index (χ3v) is 6.16.